The highest BCUT2D eigenvalue weighted by Crippen LogP contribution is 2.33. The van der Waals surface area contributed by atoms with E-state index in [1.54, 1.807) is 0 Å². The zero-order valence-corrected chi connectivity index (χ0v) is 7.23. The number of aromatic carboxylic acids is 1. The summed E-state index contributed by atoms with van der Waals surface area (Å²) in [4.78, 5) is 13.4. The molecule has 1 aromatic heterocycles. The van der Waals surface area contributed by atoms with Gasteiger partial charge in [0.2, 0.25) is 0 Å². The quantitative estimate of drug-likeness (QED) is 0.747. The molecule has 0 saturated heterocycles. The Morgan fingerprint density at radius 1 is 1.43 bits per heavy atom. The number of nitrogens with zero attached hydrogens (tertiary/aromatic N) is 1. The first-order valence-electron chi connectivity index (χ1n) is 3.29. The summed E-state index contributed by atoms with van der Waals surface area (Å²) >= 11 is 5.16. The molecule has 3 nitrogen and oxygen atoms in total. The molecule has 1 heterocycles. The van der Waals surface area contributed by atoms with Crippen molar-refractivity contribution < 1.29 is 23.1 Å². The second kappa shape index (κ2) is 3.45. The number of pyridine rings is 1. The van der Waals surface area contributed by atoms with Crippen molar-refractivity contribution in [3.05, 3.63) is 28.5 Å². The van der Waals surface area contributed by atoms with Crippen LogP contribution in [0.1, 0.15) is 16.1 Å². The fourth-order valence-electron chi connectivity index (χ4n) is 0.765. The minimum atomic E-state index is -4.62. The van der Waals surface area contributed by atoms with Gasteiger partial charge in [0, 0.05) is 0 Å². The second-order valence-electron chi connectivity index (χ2n) is 2.34. The van der Waals surface area contributed by atoms with E-state index in [4.69, 9.17) is 16.7 Å². The van der Waals surface area contributed by atoms with Crippen molar-refractivity contribution >= 4 is 17.6 Å². The Morgan fingerprint density at radius 2 is 2.00 bits per heavy atom. The largest absolute Gasteiger partial charge is 0.477 e. The number of rotatable bonds is 1. The fourth-order valence-corrected chi connectivity index (χ4v) is 1.03. The zero-order valence-electron chi connectivity index (χ0n) is 6.47. The number of halogens is 4. The second-order valence-corrected chi connectivity index (χ2v) is 2.70. The van der Waals surface area contributed by atoms with Gasteiger partial charge < -0.3 is 5.11 Å². The standard InChI is InChI=1S/C7H3ClF3NO2/c8-5-3(7(9,10)11)1-2-4(12-5)6(13)14/h1-2H,(H,13,14). The van der Waals surface area contributed by atoms with Gasteiger partial charge in [-0.2, -0.15) is 13.2 Å². The summed E-state index contributed by atoms with van der Waals surface area (Å²) in [6, 6.07) is 1.33. The van der Waals surface area contributed by atoms with Gasteiger partial charge in [-0.25, -0.2) is 9.78 Å². The van der Waals surface area contributed by atoms with Gasteiger partial charge in [-0.3, -0.25) is 0 Å². The lowest BCUT2D eigenvalue weighted by Crippen LogP contribution is -2.09. The molecule has 1 rings (SSSR count). The fraction of sp³-hybridized carbons (Fsp3) is 0.143. The number of alkyl halides is 3. The summed E-state index contributed by atoms with van der Waals surface area (Å²) in [5.41, 5.74) is -1.67. The molecule has 0 aromatic carbocycles. The molecule has 0 amide bonds. The van der Waals surface area contributed by atoms with Gasteiger partial charge in [-0.05, 0) is 12.1 Å². The Kier molecular flexibility index (Phi) is 2.66. The van der Waals surface area contributed by atoms with Crippen LogP contribution in [0, 0.1) is 0 Å². The Morgan fingerprint density at radius 3 is 2.36 bits per heavy atom. The highest BCUT2D eigenvalue weighted by molar-refractivity contribution is 6.30. The normalized spacial score (nSPS) is 11.4. The maximum absolute atomic E-state index is 12.1. The lowest BCUT2D eigenvalue weighted by atomic mass is 10.2. The molecule has 0 unspecified atom stereocenters. The van der Waals surface area contributed by atoms with E-state index in [1.165, 1.54) is 0 Å². The summed E-state index contributed by atoms with van der Waals surface area (Å²) in [7, 11) is 0. The van der Waals surface area contributed by atoms with E-state index in [9.17, 15) is 18.0 Å². The molecule has 0 aliphatic heterocycles. The van der Waals surface area contributed by atoms with Crippen LogP contribution in [0.4, 0.5) is 13.2 Å². The number of hydrogen-bond donors (Lipinski definition) is 1. The minimum absolute atomic E-state index is 0.525. The average molecular weight is 226 g/mol. The summed E-state index contributed by atoms with van der Waals surface area (Å²) < 4.78 is 36.3. The van der Waals surface area contributed by atoms with Crippen molar-refractivity contribution in [3.8, 4) is 0 Å². The van der Waals surface area contributed by atoms with Crippen molar-refractivity contribution in [2.24, 2.45) is 0 Å². The molecule has 0 aliphatic carbocycles. The van der Waals surface area contributed by atoms with E-state index in [0.29, 0.717) is 6.07 Å². The van der Waals surface area contributed by atoms with E-state index < -0.39 is 28.6 Å². The average Bonchev–Trinajstić information content (AvgIpc) is 2.01. The first kappa shape index (κ1) is 10.8. The molecule has 0 radical (unpaired) electrons. The van der Waals surface area contributed by atoms with Gasteiger partial charge in [0.1, 0.15) is 10.8 Å². The summed E-state index contributed by atoms with van der Waals surface area (Å²) in [5, 5.41) is 7.54. The van der Waals surface area contributed by atoms with Crippen molar-refractivity contribution in [2.75, 3.05) is 0 Å². The molecule has 1 aromatic rings. The number of carboxylic acids is 1. The first-order chi connectivity index (χ1) is 6.32. The third-order valence-corrected chi connectivity index (χ3v) is 1.66. The Bertz CT molecular complexity index is 378. The van der Waals surface area contributed by atoms with Crippen LogP contribution in [-0.4, -0.2) is 16.1 Å². The van der Waals surface area contributed by atoms with Crippen LogP contribution < -0.4 is 0 Å². The monoisotopic (exact) mass is 225 g/mol. The van der Waals surface area contributed by atoms with Crippen molar-refractivity contribution in [3.63, 3.8) is 0 Å². The van der Waals surface area contributed by atoms with Crippen LogP contribution in [0.25, 0.3) is 0 Å². The molecule has 1 N–H and O–H groups in total. The Balaban J connectivity index is 3.21. The molecular weight excluding hydrogens is 223 g/mol. The molecule has 0 saturated carbocycles. The number of aromatic nitrogens is 1. The number of hydrogen-bond acceptors (Lipinski definition) is 2. The summed E-state index contributed by atoms with van der Waals surface area (Å²) in [6.07, 6.45) is -4.62. The molecule has 0 fully saturated rings. The van der Waals surface area contributed by atoms with E-state index in [1.807, 2.05) is 0 Å². The number of carboxylic acid groups (broad SMARTS) is 1. The van der Waals surface area contributed by atoms with Crippen LogP contribution >= 0.6 is 11.6 Å². The Hall–Kier alpha value is -1.30. The molecule has 76 valence electrons. The molecule has 0 spiro atoms. The predicted molar refractivity (Wildman–Crippen MR) is 41.2 cm³/mol. The topological polar surface area (TPSA) is 50.2 Å². The van der Waals surface area contributed by atoms with E-state index in [-0.39, 0.29) is 0 Å². The van der Waals surface area contributed by atoms with Crippen LogP contribution in [0.3, 0.4) is 0 Å². The van der Waals surface area contributed by atoms with E-state index in [0.717, 1.165) is 6.07 Å². The SMILES string of the molecule is O=C(O)c1ccc(C(F)(F)F)c(Cl)n1. The van der Waals surface area contributed by atoms with Gasteiger partial charge >= 0.3 is 12.1 Å². The summed E-state index contributed by atoms with van der Waals surface area (Å²) in [5.74, 6) is -1.43. The lowest BCUT2D eigenvalue weighted by molar-refractivity contribution is -0.137. The highest BCUT2D eigenvalue weighted by Gasteiger charge is 2.34. The van der Waals surface area contributed by atoms with Crippen molar-refractivity contribution in [2.45, 2.75) is 6.18 Å². The van der Waals surface area contributed by atoms with Gasteiger partial charge in [-0.15, -0.1) is 0 Å². The maximum Gasteiger partial charge on any atom is 0.419 e. The van der Waals surface area contributed by atoms with Gasteiger partial charge in [0.25, 0.3) is 0 Å². The molecule has 14 heavy (non-hydrogen) atoms. The van der Waals surface area contributed by atoms with E-state index in [2.05, 4.69) is 4.98 Å². The van der Waals surface area contributed by atoms with Crippen molar-refractivity contribution in [1.82, 2.24) is 4.98 Å². The van der Waals surface area contributed by atoms with Gasteiger partial charge in [0.05, 0.1) is 5.56 Å². The summed E-state index contributed by atoms with van der Waals surface area (Å²) in [6.45, 7) is 0. The van der Waals surface area contributed by atoms with Crippen LogP contribution in [0.5, 0.6) is 0 Å². The van der Waals surface area contributed by atoms with E-state index >= 15 is 0 Å². The van der Waals surface area contributed by atoms with Gasteiger partial charge in [-0.1, -0.05) is 11.6 Å². The smallest absolute Gasteiger partial charge is 0.419 e. The maximum atomic E-state index is 12.1. The van der Waals surface area contributed by atoms with Crippen LogP contribution in [-0.2, 0) is 6.18 Å². The van der Waals surface area contributed by atoms with Gasteiger partial charge in [0.15, 0.2) is 0 Å². The molecular formula is C7H3ClF3NO2. The molecule has 0 atom stereocenters. The van der Waals surface area contributed by atoms with Crippen LogP contribution in [0.2, 0.25) is 5.15 Å². The first-order valence-corrected chi connectivity index (χ1v) is 3.67. The van der Waals surface area contributed by atoms with Crippen molar-refractivity contribution in [1.29, 1.82) is 0 Å². The number of carbonyl (C=O) groups is 1. The zero-order chi connectivity index (χ0) is 10.9. The van der Waals surface area contributed by atoms with Crippen LogP contribution in [0.15, 0.2) is 12.1 Å². The molecule has 0 aliphatic rings. The Labute approximate surface area is 81.1 Å². The predicted octanol–water partition coefficient (Wildman–Crippen LogP) is 2.45. The molecule has 0 bridgehead atoms. The minimum Gasteiger partial charge on any atom is -0.477 e. The third kappa shape index (κ3) is 2.14. The lowest BCUT2D eigenvalue weighted by Gasteiger charge is -2.07. The highest BCUT2D eigenvalue weighted by atomic mass is 35.5. The third-order valence-electron chi connectivity index (χ3n) is 1.37. The molecule has 7 heteroatoms.